The number of hydrogen-bond acceptors (Lipinski definition) is 2. The summed E-state index contributed by atoms with van der Waals surface area (Å²) in [6.45, 7) is 6.36. The van der Waals surface area contributed by atoms with E-state index in [4.69, 9.17) is 23.2 Å². The molecule has 4 rings (SSSR count). The number of nitrogens with one attached hydrogen (secondary N) is 1. The van der Waals surface area contributed by atoms with Gasteiger partial charge in [-0.05, 0) is 74.1 Å². The van der Waals surface area contributed by atoms with Crippen LogP contribution in [0.1, 0.15) is 68.3 Å². The second kappa shape index (κ2) is 8.29. The number of hydrogen-bond donors (Lipinski definition) is 2. The van der Waals surface area contributed by atoms with Crippen LogP contribution in [0.4, 0.5) is 0 Å². The van der Waals surface area contributed by atoms with Gasteiger partial charge in [0, 0.05) is 22.0 Å². The number of allylic oxidation sites excluding steroid dienone is 4. The Balaban J connectivity index is 1.84. The maximum Gasteiger partial charge on any atom is 0.335 e. The number of carboxylic acid groups (broad SMARTS) is 1. The summed E-state index contributed by atoms with van der Waals surface area (Å²) in [5, 5.41) is 13.9. The Morgan fingerprint density at radius 3 is 2.61 bits per heavy atom. The fourth-order valence-electron chi connectivity index (χ4n) is 6.34. The number of benzene rings is 1. The van der Waals surface area contributed by atoms with Crippen molar-refractivity contribution in [3.8, 4) is 0 Å². The molecule has 3 aliphatic rings. The van der Waals surface area contributed by atoms with Gasteiger partial charge in [0.15, 0.2) is 0 Å². The molecule has 166 valence electrons. The predicted molar refractivity (Wildman–Crippen MR) is 123 cm³/mol. The van der Waals surface area contributed by atoms with E-state index in [-0.39, 0.29) is 46.6 Å². The molecule has 31 heavy (non-hydrogen) atoms. The number of halogens is 2. The van der Waals surface area contributed by atoms with Gasteiger partial charge in [-0.15, -0.1) is 0 Å². The maximum atomic E-state index is 13.1. The van der Waals surface area contributed by atoms with Gasteiger partial charge in [-0.3, -0.25) is 4.79 Å². The molecule has 1 aromatic rings. The highest BCUT2D eigenvalue weighted by atomic mass is 35.5. The van der Waals surface area contributed by atoms with Gasteiger partial charge in [-0.2, -0.15) is 0 Å². The van der Waals surface area contributed by atoms with Crippen LogP contribution in [0.15, 0.2) is 41.0 Å². The third-order valence-electron chi connectivity index (χ3n) is 7.88. The first kappa shape index (κ1) is 22.4. The standard InChI is InChI=1S/C25H29Cl2NO3/c1-4-25-10-9-18(17-7-5-16(23(29)30)12-20(17)27)21(22(25)14(3)28-24(25)31)15-6-8-19(26)13(2)11-15/h5-8,12-14,18,21-22H,4,9-11H2,1-3H3,(H,28,31)(H,29,30)/t13?,14-,18+,21+,22+,25?/m1/s1. The van der Waals surface area contributed by atoms with Crippen LogP contribution in [-0.4, -0.2) is 23.0 Å². The summed E-state index contributed by atoms with van der Waals surface area (Å²) in [6, 6.07) is 5.12. The molecule has 0 radical (unpaired) electrons. The SMILES string of the molecule is CCC12CC[C@@H](c3ccc(C(=O)O)cc3Cl)[C@H](C3=CC=C(Cl)C(C)C3)[C@@H]1[C@@H](C)NC2=O. The van der Waals surface area contributed by atoms with E-state index in [1.165, 1.54) is 5.57 Å². The molecule has 1 aliphatic heterocycles. The molecule has 1 heterocycles. The normalized spacial score (nSPS) is 35.1. The minimum Gasteiger partial charge on any atom is -0.478 e. The van der Waals surface area contributed by atoms with Gasteiger partial charge >= 0.3 is 5.97 Å². The van der Waals surface area contributed by atoms with Crippen molar-refractivity contribution in [2.24, 2.45) is 23.2 Å². The van der Waals surface area contributed by atoms with Crippen molar-refractivity contribution >= 4 is 35.1 Å². The molecule has 1 aromatic carbocycles. The first-order chi connectivity index (χ1) is 14.7. The van der Waals surface area contributed by atoms with Crippen molar-refractivity contribution < 1.29 is 14.7 Å². The molecule has 0 spiro atoms. The van der Waals surface area contributed by atoms with Crippen LogP contribution in [-0.2, 0) is 4.79 Å². The Kier molecular flexibility index (Phi) is 5.99. The van der Waals surface area contributed by atoms with E-state index in [1.54, 1.807) is 12.1 Å². The zero-order chi connectivity index (χ0) is 22.5. The molecule has 2 fully saturated rings. The minimum absolute atomic E-state index is 0.0647. The fourth-order valence-corrected chi connectivity index (χ4v) is 6.80. The Bertz CT molecular complexity index is 985. The average Bonchev–Trinajstić information content (AvgIpc) is 2.99. The highest BCUT2D eigenvalue weighted by Crippen LogP contribution is 2.60. The summed E-state index contributed by atoms with van der Waals surface area (Å²) in [6.07, 6.45) is 7.45. The molecule has 1 saturated carbocycles. The summed E-state index contributed by atoms with van der Waals surface area (Å²) in [5.74, 6) is -0.158. The van der Waals surface area contributed by atoms with Crippen LogP contribution in [0.25, 0.3) is 0 Å². The van der Waals surface area contributed by atoms with Gasteiger partial charge in [0.2, 0.25) is 5.91 Å². The molecule has 0 aromatic heterocycles. The fraction of sp³-hybridized carbons (Fsp3) is 0.520. The van der Waals surface area contributed by atoms with Crippen molar-refractivity contribution in [3.63, 3.8) is 0 Å². The van der Waals surface area contributed by atoms with Crippen molar-refractivity contribution in [2.75, 3.05) is 0 Å². The number of fused-ring (bicyclic) bond motifs is 1. The number of carboxylic acids is 1. The summed E-state index contributed by atoms with van der Waals surface area (Å²) in [7, 11) is 0. The van der Waals surface area contributed by atoms with Crippen molar-refractivity contribution in [2.45, 2.75) is 58.4 Å². The number of aromatic carboxylic acids is 1. The van der Waals surface area contributed by atoms with Crippen LogP contribution in [0.2, 0.25) is 5.02 Å². The van der Waals surface area contributed by atoms with E-state index >= 15 is 0 Å². The van der Waals surface area contributed by atoms with Crippen LogP contribution in [0, 0.1) is 23.2 Å². The maximum absolute atomic E-state index is 13.1. The summed E-state index contributed by atoms with van der Waals surface area (Å²) in [5.41, 5.74) is 2.10. The molecular formula is C25H29Cl2NO3. The average molecular weight is 462 g/mol. The largest absolute Gasteiger partial charge is 0.478 e. The first-order valence-corrected chi connectivity index (χ1v) is 11.8. The van der Waals surface area contributed by atoms with E-state index in [1.807, 2.05) is 12.1 Å². The molecule has 6 atom stereocenters. The second-order valence-electron chi connectivity index (χ2n) is 9.41. The molecular weight excluding hydrogens is 433 g/mol. The quantitative estimate of drug-likeness (QED) is 0.564. The highest BCUT2D eigenvalue weighted by Gasteiger charge is 2.59. The lowest BCUT2D eigenvalue weighted by molar-refractivity contribution is -0.131. The van der Waals surface area contributed by atoms with Gasteiger partial charge in [0.05, 0.1) is 11.0 Å². The minimum atomic E-state index is -0.985. The topological polar surface area (TPSA) is 66.4 Å². The number of carbonyl (C=O) groups is 2. The van der Waals surface area contributed by atoms with Crippen LogP contribution in [0.5, 0.6) is 0 Å². The Morgan fingerprint density at radius 1 is 1.26 bits per heavy atom. The number of amides is 1. The third-order valence-corrected chi connectivity index (χ3v) is 8.71. The van der Waals surface area contributed by atoms with Gasteiger partial charge in [0.1, 0.15) is 0 Å². The lowest BCUT2D eigenvalue weighted by Crippen LogP contribution is -2.46. The Hall–Kier alpha value is -1.78. The smallest absolute Gasteiger partial charge is 0.335 e. The summed E-state index contributed by atoms with van der Waals surface area (Å²) in [4.78, 5) is 24.5. The van der Waals surface area contributed by atoms with Gasteiger partial charge < -0.3 is 10.4 Å². The van der Waals surface area contributed by atoms with E-state index < -0.39 is 5.97 Å². The van der Waals surface area contributed by atoms with E-state index in [0.29, 0.717) is 5.02 Å². The molecule has 0 bridgehead atoms. The summed E-state index contributed by atoms with van der Waals surface area (Å²) >= 11 is 13.0. The zero-order valence-corrected chi connectivity index (χ0v) is 19.6. The zero-order valence-electron chi connectivity index (χ0n) is 18.1. The molecule has 6 heteroatoms. The van der Waals surface area contributed by atoms with Crippen LogP contribution >= 0.6 is 23.2 Å². The Morgan fingerprint density at radius 2 is 2.00 bits per heavy atom. The molecule has 2 N–H and O–H groups in total. The molecule has 2 aliphatic carbocycles. The lowest BCUT2D eigenvalue weighted by Gasteiger charge is -2.49. The third kappa shape index (κ3) is 3.62. The number of rotatable bonds is 4. The van der Waals surface area contributed by atoms with Crippen molar-refractivity contribution in [1.82, 2.24) is 5.32 Å². The molecule has 4 nitrogen and oxygen atoms in total. The number of carbonyl (C=O) groups excluding carboxylic acids is 1. The van der Waals surface area contributed by atoms with Crippen LogP contribution in [0.3, 0.4) is 0 Å². The Labute approximate surface area is 193 Å². The summed E-state index contributed by atoms with van der Waals surface area (Å²) < 4.78 is 0. The first-order valence-electron chi connectivity index (χ1n) is 11.1. The van der Waals surface area contributed by atoms with E-state index in [9.17, 15) is 14.7 Å². The lowest BCUT2D eigenvalue weighted by atomic mass is 9.53. The molecule has 1 amide bonds. The molecule has 2 unspecified atom stereocenters. The van der Waals surface area contributed by atoms with E-state index in [2.05, 4.69) is 32.2 Å². The van der Waals surface area contributed by atoms with Crippen molar-refractivity contribution in [1.29, 1.82) is 0 Å². The van der Waals surface area contributed by atoms with Crippen LogP contribution < -0.4 is 5.32 Å². The van der Waals surface area contributed by atoms with Gasteiger partial charge in [-0.1, -0.05) is 54.8 Å². The van der Waals surface area contributed by atoms with E-state index in [0.717, 1.165) is 36.3 Å². The van der Waals surface area contributed by atoms with Crippen molar-refractivity contribution in [3.05, 3.63) is 57.1 Å². The van der Waals surface area contributed by atoms with Gasteiger partial charge in [-0.25, -0.2) is 4.79 Å². The predicted octanol–water partition coefficient (Wildman–Crippen LogP) is 6.15. The second-order valence-corrected chi connectivity index (χ2v) is 10.3. The molecule has 1 saturated heterocycles. The monoisotopic (exact) mass is 461 g/mol. The highest BCUT2D eigenvalue weighted by molar-refractivity contribution is 6.31. The van der Waals surface area contributed by atoms with Gasteiger partial charge in [0.25, 0.3) is 0 Å².